The van der Waals surface area contributed by atoms with Gasteiger partial charge in [0.15, 0.2) is 16.7 Å². The van der Waals surface area contributed by atoms with E-state index in [2.05, 4.69) is 10.3 Å². The molecule has 2 heterocycles. The van der Waals surface area contributed by atoms with Crippen molar-refractivity contribution in [3.8, 4) is 11.5 Å². The number of fused-ring (bicyclic) bond motifs is 1. The third-order valence-corrected chi connectivity index (χ3v) is 5.71. The number of methoxy groups -OCH3 is 2. The lowest BCUT2D eigenvalue weighted by Crippen LogP contribution is -2.22. The number of nitrogens with zero attached hydrogens (tertiary/aromatic N) is 2. The van der Waals surface area contributed by atoms with Gasteiger partial charge < -0.3 is 14.8 Å². The Kier molecular flexibility index (Phi) is 6.02. The number of thiophene rings is 1. The number of ether oxygens (including phenoxy) is 2. The number of anilines is 1. The second-order valence-electron chi connectivity index (χ2n) is 5.49. The van der Waals surface area contributed by atoms with Crippen LogP contribution in [-0.2, 0) is 11.3 Å². The van der Waals surface area contributed by atoms with E-state index < -0.39 is 0 Å². The third-order valence-electron chi connectivity index (χ3n) is 3.85. The van der Waals surface area contributed by atoms with Gasteiger partial charge >= 0.3 is 0 Å². The van der Waals surface area contributed by atoms with Crippen molar-refractivity contribution in [2.24, 2.45) is 0 Å². The number of rotatable bonds is 7. The summed E-state index contributed by atoms with van der Waals surface area (Å²) in [5.41, 5.74) is 1.20. The molecule has 0 radical (unpaired) electrons. The highest BCUT2D eigenvalue weighted by Crippen LogP contribution is 2.30. The maximum absolute atomic E-state index is 12.5. The van der Waals surface area contributed by atoms with Crippen LogP contribution in [0.5, 0.6) is 11.5 Å². The van der Waals surface area contributed by atoms with Crippen LogP contribution in [0, 0.1) is 0 Å². The Labute approximate surface area is 164 Å². The van der Waals surface area contributed by atoms with Gasteiger partial charge in [-0.3, -0.25) is 14.2 Å². The fourth-order valence-corrected chi connectivity index (χ4v) is 4.20. The number of benzene rings is 1. The van der Waals surface area contributed by atoms with Gasteiger partial charge in [0.25, 0.3) is 5.56 Å². The van der Waals surface area contributed by atoms with Crippen LogP contribution in [0.4, 0.5) is 5.69 Å². The minimum Gasteiger partial charge on any atom is -0.493 e. The van der Waals surface area contributed by atoms with Crippen LogP contribution < -0.4 is 20.3 Å². The molecule has 1 N–H and O–H groups in total. The topological polar surface area (TPSA) is 82.5 Å². The average Bonchev–Trinajstić information content (AvgIpc) is 3.15. The van der Waals surface area contributed by atoms with Crippen LogP contribution in [0.3, 0.4) is 0 Å². The summed E-state index contributed by atoms with van der Waals surface area (Å²) in [6.07, 6.45) is 0. The monoisotopic (exact) mass is 405 g/mol. The zero-order valence-corrected chi connectivity index (χ0v) is 16.8. The molecular formula is C18H19N3O4S2. The van der Waals surface area contributed by atoms with Crippen molar-refractivity contribution in [1.82, 2.24) is 9.55 Å². The maximum atomic E-state index is 12.5. The van der Waals surface area contributed by atoms with Gasteiger partial charge in [0.1, 0.15) is 4.70 Å². The summed E-state index contributed by atoms with van der Waals surface area (Å²) in [6, 6.07) is 6.97. The Hall–Kier alpha value is -2.52. The number of carbonyl (C=O) groups excluding carboxylic acids is 1. The van der Waals surface area contributed by atoms with Crippen molar-refractivity contribution >= 4 is 44.9 Å². The van der Waals surface area contributed by atoms with E-state index >= 15 is 0 Å². The molecule has 0 saturated carbocycles. The van der Waals surface area contributed by atoms with Crippen molar-refractivity contribution in [3.05, 3.63) is 40.0 Å². The first-order chi connectivity index (χ1) is 13.1. The number of amides is 1. The molecule has 0 spiro atoms. The van der Waals surface area contributed by atoms with E-state index in [9.17, 15) is 9.59 Å². The lowest BCUT2D eigenvalue weighted by atomic mass is 10.2. The summed E-state index contributed by atoms with van der Waals surface area (Å²) in [5.74, 6) is 1.06. The Bertz CT molecular complexity index is 1030. The van der Waals surface area contributed by atoms with E-state index in [1.807, 2.05) is 18.4 Å². The zero-order chi connectivity index (χ0) is 19.4. The molecule has 0 aliphatic heterocycles. The van der Waals surface area contributed by atoms with Crippen molar-refractivity contribution in [1.29, 1.82) is 0 Å². The van der Waals surface area contributed by atoms with Gasteiger partial charge in [-0.15, -0.1) is 11.3 Å². The standard InChI is InChI=1S/C18H19N3O4S2/c1-4-21-17(23)16-12(7-8-26-16)20-18(21)27-10-15(22)19-11-5-6-13(24-2)14(9-11)25-3/h5-9H,4,10H2,1-3H3,(H,19,22). The van der Waals surface area contributed by atoms with Crippen molar-refractivity contribution in [2.75, 3.05) is 25.3 Å². The zero-order valence-electron chi connectivity index (χ0n) is 15.1. The molecule has 2 aromatic heterocycles. The molecule has 0 saturated heterocycles. The van der Waals surface area contributed by atoms with Gasteiger partial charge in [-0.2, -0.15) is 0 Å². The van der Waals surface area contributed by atoms with Gasteiger partial charge in [0.05, 0.1) is 25.5 Å². The Morgan fingerprint density at radius 1 is 1.26 bits per heavy atom. The summed E-state index contributed by atoms with van der Waals surface area (Å²) >= 11 is 2.62. The summed E-state index contributed by atoms with van der Waals surface area (Å²) < 4.78 is 12.6. The number of aromatic nitrogens is 2. The minimum atomic E-state index is -0.200. The van der Waals surface area contributed by atoms with Crippen LogP contribution in [0.2, 0.25) is 0 Å². The molecule has 3 rings (SSSR count). The predicted molar refractivity (Wildman–Crippen MR) is 108 cm³/mol. The van der Waals surface area contributed by atoms with Gasteiger partial charge in [-0.1, -0.05) is 11.8 Å². The molecule has 0 bridgehead atoms. The number of carbonyl (C=O) groups is 1. The first kappa shape index (κ1) is 19.2. The van der Waals surface area contributed by atoms with E-state index in [1.165, 1.54) is 30.2 Å². The molecule has 0 atom stereocenters. The quantitative estimate of drug-likeness (QED) is 0.480. The van der Waals surface area contributed by atoms with Gasteiger partial charge in [-0.25, -0.2) is 4.98 Å². The fraction of sp³-hybridized carbons (Fsp3) is 0.278. The molecule has 142 valence electrons. The second kappa shape index (κ2) is 8.45. The summed E-state index contributed by atoms with van der Waals surface area (Å²) in [4.78, 5) is 29.3. The molecule has 0 aliphatic rings. The number of thioether (sulfide) groups is 1. The van der Waals surface area contributed by atoms with Crippen molar-refractivity contribution < 1.29 is 14.3 Å². The third kappa shape index (κ3) is 4.09. The molecule has 9 heteroatoms. The molecule has 27 heavy (non-hydrogen) atoms. The van der Waals surface area contributed by atoms with E-state index in [0.29, 0.717) is 39.1 Å². The molecule has 0 aliphatic carbocycles. The van der Waals surface area contributed by atoms with E-state index in [1.54, 1.807) is 29.9 Å². The second-order valence-corrected chi connectivity index (χ2v) is 7.34. The Morgan fingerprint density at radius 2 is 2.04 bits per heavy atom. The first-order valence-corrected chi connectivity index (χ1v) is 10.1. The highest BCUT2D eigenvalue weighted by Gasteiger charge is 2.14. The highest BCUT2D eigenvalue weighted by atomic mass is 32.2. The SMILES string of the molecule is CCn1c(SCC(=O)Nc2ccc(OC)c(OC)c2)nc2ccsc2c1=O. The Balaban J connectivity index is 1.73. The van der Waals surface area contributed by atoms with Crippen LogP contribution >= 0.6 is 23.1 Å². The molecule has 1 aromatic carbocycles. The van der Waals surface area contributed by atoms with Crippen molar-refractivity contribution in [2.45, 2.75) is 18.6 Å². The lowest BCUT2D eigenvalue weighted by Gasteiger charge is -2.11. The Morgan fingerprint density at radius 3 is 2.74 bits per heavy atom. The van der Waals surface area contributed by atoms with E-state index in [0.717, 1.165) is 0 Å². The van der Waals surface area contributed by atoms with Crippen LogP contribution in [-0.4, -0.2) is 35.4 Å². The van der Waals surface area contributed by atoms with Crippen LogP contribution in [0.25, 0.3) is 10.2 Å². The normalized spacial score (nSPS) is 10.8. The van der Waals surface area contributed by atoms with Crippen molar-refractivity contribution in [3.63, 3.8) is 0 Å². The van der Waals surface area contributed by atoms with Gasteiger partial charge in [0, 0.05) is 18.3 Å². The summed E-state index contributed by atoms with van der Waals surface area (Å²) in [5, 5.41) is 5.20. The largest absolute Gasteiger partial charge is 0.493 e. The summed E-state index contributed by atoms with van der Waals surface area (Å²) in [6.45, 7) is 2.38. The maximum Gasteiger partial charge on any atom is 0.272 e. The van der Waals surface area contributed by atoms with Crippen LogP contribution in [0.1, 0.15) is 6.92 Å². The molecule has 0 fully saturated rings. The van der Waals surface area contributed by atoms with E-state index in [-0.39, 0.29) is 17.2 Å². The number of hydrogen-bond acceptors (Lipinski definition) is 7. The highest BCUT2D eigenvalue weighted by molar-refractivity contribution is 7.99. The number of nitrogens with one attached hydrogen (secondary N) is 1. The molecule has 0 unspecified atom stereocenters. The van der Waals surface area contributed by atoms with Gasteiger partial charge in [0.2, 0.25) is 5.91 Å². The molecule has 7 nitrogen and oxygen atoms in total. The van der Waals surface area contributed by atoms with Crippen LogP contribution in [0.15, 0.2) is 39.6 Å². The lowest BCUT2D eigenvalue weighted by molar-refractivity contribution is -0.113. The molecule has 1 amide bonds. The molecular weight excluding hydrogens is 386 g/mol. The predicted octanol–water partition coefficient (Wildman–Crippen LogP) is 3.23. The smallest absolute Gasteiger partial charge is 0.272 e. The summed E-state index contributed by atoms with van der Waals surface area (Å²) in [7, 11) is 3.09. The van der Waals surface area contributed by atoms with Gasteiger partial charge in [-0.05, 0) is 30.5 Å². The fourth-order valence-electron chi connectivity index (χ4n) is 2.55. The number of hydrogen-bond donors (Lipinski definition) is 1. The molecule has 3 aromatic rings. The minimum absolute atomic E-state index is 0.0692. The first-order valence-electron chi connectivity index (χ1n) is 8.20. The van der Waals surface area contributed by atoms with E-state index in [4.69, 9.17) is 9.47 Å². The average molecular weight is 406 g/mol.